The van der Waals surface area contributed by atoms with Gasteiger partial charge in [-0.15, -0.1) is 11.8 Å². The summed E-state index contributed by atoms with van der Waals surface area (Å²) < 4.78 is 10.1. The number of ether oxygens (including phenoxy) is 2. The lowest BCUT2D eigenvalue weighted by atomic mass is 10.3. The molecule has 0 radical (unpaired) electrons. The van der Waals surface area contributed by atoms with Crippen LogP contribution in [0.2, 0.25) is 0 Å². The van der Waals surface area contributed by atoms with Gasteiger partial charge in [0, 0.05) is 24.4 Å². The van der Waals surface area contributed by atoms with Gasteiger partial charge in [0.15, 0.2) is 0 Å². The quantitative estimate of drug-likeness (QED) is 0.460. The molecule has 0 bridgehead atoms. The van der Waals surface area contributed by atoms with E-state index in [-0.39, 0.29) is 0 Å². The number of methoxy groups -OCH3 is 2. The highest BCUT2D eigenvalue weighted by molar-refractivity contribution is 7.99. The normalized spacial score (nSPS) is 10.3. The molecular formula is C11H17NO2S. The zero-order valence-corrected chi connectivity index (χ0v) is 9.97. The first-order valence-electron chi connectivity index (χ1n) is 4.83. The van der Waals surface area contributed by atoms with Crippen molar-refractivity contribution in [1.29, 1.82) is 0 Å². The van der Waals surface area contributed by atoms with E-state index < -0.39 is 0 Å². The molecule has 3 nitrogen and oxygen atoms in total. The summed E-state index contributed by atoms with van der Waals surface area (Å²) in [7, 11) is 3.35. The lowest BCUT2D eigenvalue weighted by Crippen LogP contribution is -1.93. The van der Waals surface area contributed by atoms with Gasteiger partial charge < -0.3 is 15.2 Å². The first-order valence-corrected chi connectivity index (χ1v) is 5.81. The molecule has 0 amide bonds. The van der Waals surface area contributed by atoms with Crippen molar-refractivity contribution < 1.29 is 9.47 Å². The monoisotopic (exact) mass is 227 g/mol. The first-order chi connectivity index (χ1) is 7.27. The SMILES string of the molecule is COCCCSc1ccc(N)c(OC)c1. The topological polar surface area (TPSA) is 44.5 Å². The number of thioether (sulfide) groups is 1. The van der Waals surface area contributed by atoms with Crippen LogP contribution in [0.4, 0.5) is 5.69 Å². The van der Waals surface area contributed by atoms with Gasteiger partial charge in [-0.2, -0.15) is 0 Å². The Hall–Kier alpha value is -0.870. The van der Waals surface area contributed by atoms with Gasteiger partial charge in [-0.3, -0.25) is 0 Å². The molecule has 1 aromatic rings. The maximum Gasteiger partial charge on any atom is 0.142 e. The van der Waals surface area contributed by atoms with Crippen molar-refractivity contribution in [1.82, 2.24) is 0 Å². The molecule has 1 rings (SSSR count). The second-order valence-electron chi connectivity index (χ2n) is 3.10. The average molecular weight is 227 g/mol. The molecule has 15 heavy (non-hydrogen) atoms. The minimum absolute atomic E-state index is 0.679. The molecule has 4 heteroatoms. The van der Waals surface area contributed by atoms with Gasteiger partial charge in [-0.25, -0.2) is 0 Å². The Morgan fingerprint density at radius 2 is 2.13 bits per heavy atom. The van der Waals surface area contributed by atoms with Gasteiger partial charge in [0.05, 0.1) is 12.8 Å². The van der Waals surface area contributed by atoms with Gasteiger partial charge in [0.2, 0.25) is 0 Å². The first kappa shape index (κ1) is 12.2. The molecular weight excluding hydrogens is 210 g/mol. The van der Waals surface area contributed by atoms with Crippen LogP contribution in [0.25, 0.3) is 0 Å². The van der Waals surface area contributed by atoms with Crippen LogP contribution in [0, 0.1) is 0 Å². The van der Waals surface area contributed by atoms with E-state index in [2.05, 4.69) is 0 Å². The molecule has 0 unspecified atom stereocenters. The highest BCUT2D eigenvalue weighted by Gasteiger charge is 2.01. The minimum Gasteiger partial charge on any atom is -0.495 e. The van der Waals surface area contributed by atoms with Crippen molar-refractivity contribution in [2.45, 2.75) is 11.3 Å². The fraction of sp³-hybridized carbons (Fsp3) is 0.455. The second kappa shape index (κ2) is 6.58. The summed E-state index contributed by atoms with van der Waals surface area (Å²) in [4.78, 5) is 1.18. The summed E-state index contributed by atoms with van der Waals surface area (Å²) in [5.41, 5.74) is 6.40. The van der Waals surface area contributed by atoms with Crippen LogP contribution in [-0.4, -0.2) is 26.6 Å². The maximum absolute atomic E-state index is 5.72. The number of nitrogens with two attached hydrogens (primary N) is 1. The number of anilines is 1. The highest BCUT2D eigenvalue weighted by atomic mass is 32.2. The summed E-state index contributed by atoms with van der Waals surface area (Å²) >= 11 is 1.78. The lowest BCUT2D eigenvalue weighted by Gasteiger charge is -2.06. The number of rotatable bonds is 6. The van der Waals surface area contributed by atoms with Crippen LogP contribution in [0.3, 0.4) is 0 Å². The second-order valence-corrected chi connectivity index (χ2v) is 4.27. The van der Waals surface area contributed by atoms with Crippen molar-refractivity contribution >= 4 is 17.4 Å². The van der Waals surface area contributed by atoms with E-state index in [0.29, 0.717) is 5.69 Å². The van der Waals surface area contributed by atoms with Crippen molar-refractivity contribution in [2.24, 2.45) is 0 Å². The molecule has 0 aliphatic carbocycles. The molecule has 84 valence electrons. The minimum atomic E-state index is 0.679. The summed E-state index contributed by atoms with van der Waals surface area (Å²) in [6, 6.07) is 5.85. The van der Waals surface area contributed by atoms with Gasteiger partial charge in [0.25, 0.3) is 0 Å². The van der Waals surface area contributed by atoms with Crippen LogP contribution >= 0.6 is 11.8 Å². The number of hydrogen-bond donors (Lipinski definition) is 1. The van der Waals surface area contributed by atoms with E-state index in [1.54, 1.807) is 26.0 Å². The largest absolute Gasteiger partial charge is 0.495 e. The molecule has 0 aromatic heterocycles. The Bertz CT molecular complexity index is 305. The molecule has 0 atom stereocenters. The number of hydrogen-bond acceptors (Lipinski definition) is 4. The fourth-order valence-corrected chi connectivity index (χ4v) is 2.03. The van der Waals surface area contributed by atoms with Gasteiger partial charge >= 0.3 is 0 Å². The van der Waals surface area contributed by atoms with Crippen LogP contribution < -0.4 is 10.5 Å². The summed E-state index contributed by atoms with van der Waals surface area (Å²) in [5.74, 6) is 1.78. The van der Waals surface area contributed by atoms with Crippen LogP contribution in [0.1, 0.15) is 6.42 Å². The molecule has 0 fully saturated rings. The Morgan fingerprint density at radius 1 is 1.33 bits per heavy atom. The maximum atomic E-state index is 5.72. The third kappa shape index (κ3) is 4.01. The number of benzene rings is 1. The smallest absolute Gasteiger partial charge is 0.142 e. The van der Waals surface area contributed by atoms with Crippen molar-refractivity contribution in [2.75, 3.05) is 32.3 Å². The van der Waals surface area contributed by atoms with Crippen molar-refractivity contribution in [3.63, 3.8) is 0 Å². The zero-order chi connectivity index (χ0) is 11.1. The Balaban J connectivity index is 2.47. The lowest BCUT2D eigenvalue weighted by molar-refractivity contribution is 0.200. The van der Waals surface area contributed by atoms with E-state index in [0.717, 1.165) is 24.5 Å². The fourth-order valence-electron chi connectivity index (χ4n) is 1.17. The molecule has 0 aliphatic heterocycles. The van der Waals surface area contributed by atoms with E-state index >= 15 is 0 Å². The van der Waals surface area contributed by atoms with Crippen LogP contribution in [0.15, 0.2) is 23.1 Å². The van der Waals surface area contributed by atoms with Gasteiger partial charge in [0.1, 0.15) is 5.75 Å². The van der Waals surface area contributed by atoms with Crippen LogP contribution in [-0.2, 0) is 4.74 Å². The predicted octanol–water partition coefficient (Wildman–Crippen LogP) is 2.41. The van der Waals surface area contributed by atoms with E-state index in [1.165, 1.54) is 4.90 Å². The Kier molecular flexibility index (Phi) is 5.36. The molecule has 0 aliphatic rings. The van der Waals surface area contributed by atoms with E-state index in [9.17, 15) is 0 Å². The molecule has 0 saturated heterocycles. The van der Waals surface area contributed by atoms with E-state index in [1.807, 2.05) is 18.2 Å². The van der Waals surface area contributed by atoms with Crippen molar-refractivity contribution in [3.05, 3.63) is 18.2 Å². The van der Waals surface area contributed by atoms with Crippen LogP contribution in [0.5, 0.6) is 5.75 Å². The third-order valence-electron chi connectivity index (χ3n) is 1.97. The predicted molar refractivity (Wildman–Crippen MR) is 64.6 cm³/mol. The van der Waals surface area contributed by atoms with E-state index in [4.69, 9.17) is 15.2 Å². The molecule has 0 spiro atoms. The van der Waals surface area contributed by atoms with Gasteiger partial charge in [-0.05, 0) is 24.6 Å². The highest BCUT2D eigenvalue weighted by Crippen LogP contribution is 2.28. The summed E-state index contributed by atoms with van der Waals surface area (Å²) in [6.45, 7) is 0.805. The average Bonchev–Trinajstić information content (AvgIpc) is 2.26. The molecule has 0 saturated carbocycles. The summed E-state index contributed by atoms with van der Waals surface area (Å²) in [6.07, 6.45) is 1.05. The summed E-state index contributed by atoms with van der Waals surface area (Å²) in [5, 5.41) is 0. The zero-order valence-electron chi connectivity index (χ0n) is 9.16. The van der Waals surface area contributed by atoms with Crippen molar-refractivity contribution in [3.8, 4) is 5.75 Å². The molecule has 2 N–H and O–H groups in total. The molecule has 0 heterocycles. The Morgan fingerprint density at radius 3 is 2.80 bits per heavy atom. The standard InChI is InChI=1S/C11H17NO2S/c1-13-6-3-7-15-9-4-5-10(12)11(8-9)14-2/h4-5,8H,3,6-7,12H2,1-2H3. The third-order valence-corrected chi connectivity index (χ3v) is 3.05. The number of nitrogen functional groups attached to an aromatic ring is 1. The Labute approximate surface area is 94.9 Å². The molecule has 1 aromatic carbocycles. The van der Waals surface area contributed by atoms with Gasteiger partial charge in [-0.1, -0.05) is 0 Å².